The van der Waals surface area contributed by atoms with Gasteiger partial charge in [0.05, 0.1) is 23.3 Å². The van der Waals surface area contributed by atoms with Gasteiger partial charge in [-0.05, 0) is 38.5 Å². The lowest BCUT2D eigenvalue weighted by atomic mass is 10.1. The predicted octanol–water partition coefficient (Wildman–Crippen LogP) is 3.11. The molecule has 1 aromatic heterocycles. The topological polar surface area (TPSA) is 92.8 Å². The first kappa shape index (κ1) is 19.8. The monoisotopic (exact) mass is 400 g/mol. The van der Waals surface area contributed by atoms with Crippen molar-refractivity contribution in [2.75, 3.05) is 11.9 Å². The average molecular weight is 400 g/mol. The van der Waals surface area contributed by atoms with E-state index < -0.39 is 29.7 Å². The summed E-state index contributed by atoms with van der Waals surface area (Å²) < 4.78 is 5.04. The van der Waals surface area contributed by atoms with Crippen LogP contribution in [0.2, 0.25) is 0 Å². The first-order valence-electron chi connectivity index (χ1n) is 8.96. The van der Waals surface area contributed by atoms with Gasteiger partial charge in [0.2, 0.25) is 5.91 Å². The summed E-state index contributed by atoms with van der Waals surface area (Å²) in [5.74, 6) is -2.09. The molecular formula is C20H20N2O5S. The van der Waals surface area contributed by atoms with Crippen molar-refractivity contribution in [1.82, 2.24) is 4.90 Å². The molecule has 2 heterocycles. The van der Waals surface area contributed by atoms with Crippen molar-refractivity contribution >= 4 is 40.0 Å². The summed E-state index contributed by atoms with van der Waals surface area (Å²) in [5.41, 5.74) is 0.833. The van der Waals surface area contributed by atoms with Gasteiger partial charge in [0, 0.05) is 4.88 Å². The van der Waals surface area contributed by atoms with Crippen molar-refractivity contribution in [2.45, 2.75) is 33.2 Å². The second kappa shape index (κ2) is 7.93. The highest BCUT2D eigenvalue weighted by molar-refractivity contribution is 7.16. The zero-order valence-electron chi connectivity index (χ0n) is 15.8. The Labute approximate surface area is 166 Å². The van der Waals surface area contributed by atoms with Crippen LogP contribution in [0.15, 0.2) is 30.3 Å². The van der Waals surface area contributed by atoms with Gasteiger partial charge >= 0.3 is 5.97 Å². The Bertz CT molecular complexity index is 930. The number of carbonyl (C=O) groups excluding carboxylic acids is 4. The van der Waals surface area contributed by atoms with Gasteiger partial charge < -0.3 is 10.1 Å². The maximum Gasteiger partial charge on any atom is 0.341 e. The lowest BCUT2D eigenvalue weighted by Gasteiger charge is -2.21. The summed E-state index contributed by atoms with van der Waals surface area (Å²) in [6, 6.07) is 7.11. The Balaban J connectivity index is 1.82. The second-order valence-electron chi connectivity index (χ2n) is 6.22. The molecule has 8 heteroatoms. The minimum atomic E-state index is -1.03. The van der Waals surface area contributed by atoms with E-state index in [-0.39, 0.29) is 23.3 Å². The number of benzene rings is 1. The fraction of sp³-hybridized carbons (Fsp3) is 0.300. The van der Waals surface area contributed by atoms with E-state index in [2.05, 4.69) is 5.32 Å². The third-order valence-electron chi connectivity index (χ3n) is 4.46. The van der Waals surface area contributed by atoms with Gasteiger partial charge in [-0.1, -0.05) is 19.1 Å². The van der Waals surface area contributed by atoms with E-state index in [9.17, 15) is 19.2 Å². The van der Waals surface area contributed by atoms with Crippen LogP contribution in [0.3, 0.4) is 0 Å². The zero-order chi connectivity index (χ0) is 20.4. The third-order valence-corrected chi connectivity index (χ3v) is 5.65. The first-order valence-corrected chi connectivity index (χ1v) is 9.78. The third kappa shape index (κ3) is 3.43. The minimum absolute atomic E-state index is 0.217. The van der Waals surface area contributed by atoms with Crippen LogP contribution < -0.4 is 5.32 Å². The van der Waals surface area contributed by atoms with E-state index in [1.54, 1.807) is 37.3 Å². The molecule has 1 aromatic carbocycles. The van der Waals surface area contributed by atoms with Gasteiger partial charge in [-0.3, -0.25) is 19.3 Å². The average Bonchev–Trinajstić information content (AvgIpc) is 3.21. The largest absolute Gasteiger partial charge is 0.462 e. The van der Waals surface area contributed by atoms with E-state index in [1.165, 1.54) is 18.3 Å². The summed E-state index contributed by atoms with van der Waals surface area (Å²) in [6.07, 6.45) is 0.695. The van der Waals surface area contributed by atoms with Crippen molar-refractivity contribution in [3.63, 3.8) is 0 Å². The number of ether oxygens (including phenoxy) is 1. The fourth-order valence-electron chi connectivity index (χ4n) is 2.96. The van der Waals surface area contributed by atoms with Crippen LogP contribution in [0.4, 0.5) is 5.00 Å². The van der Waals surface area contributed by atoms with Crippen molar-refractivity contribution in [2.24, 2.45) is 0 Å². The van der Waals surface area contributed by atoms with Gasteiger partial charge in [-0.15, -0.1) is 11.3 Å². The molecule has 3 rings (SSSR count). The molecule has 0 fully saturated rings. The highest BCUT2D eigenvalue weighted by Gasteiger charge is 2.40. The second-order valence-corrected chi connectivity index (χ2v) is 7.36. The number of hydrogen-bond donors (Lipinski definition) is 1. The Kier molecular flexibility index (Phi) is 5.60. The molecule has 0 saturated heterocycles. The normalized spacial score (nSPS) is 14.0. The fourth-order valence-corrected chi connectivity index (χ4v) is 3.95. The number of amides is 3. The molecule has 1 atom stereocenters. The van der Waals surface area contributed by atoms with Crippen molar-refractivity contribution in [1.29, 1.82) is 0 Å². The summed E-state index contributed by atoms with van der Waals surface area (Å²) >= 11 is 1.27. The van der Waals surface area contributed by atoms with Crippen molar-refractivity contribution in [3.05, 3.63) is 51.9 Å². The molecule has 0 spiro atoms. The van der Waals surface area contributed by atoms with Crippen molar-refractivity contribution in [3.8, 4) is 0 Å². The molecule has 1 aliphatic heterocycles. The lowest BCUT2D eigenvalue weighted by molar-refractivity contribution is -0.119. The number of esters is 1. The zero-order valence-corrected chi connectivity index (χ0v) is 16.6. The van der Waals surface area contributed by atoms with Crippen LogP contribution in [-0.4, -0.2) is 41.2 Å². The number of aryl methyl sites for hydroxylation is 1. The lowest BCUT2D eigenvalue weighted by Crippen LogP contribution is -2.45. The quantitative estimate of drug-likeness (QED) is 0.594. The molecule has 1 unspecified atom stereocenters. The van der Waals surface area contributed by atoms with E-state index in [0.29, 0.717) is 11.4 Å². The molecule has 2 aromatic rings. The number of nitrogens with one attached hydrogen (secondary N) is 1. The molecule has 0 saturated carbocycles. The van der Waals surface area contributed by atoms with Gasteiger partial charge in [0.25, 0.3) is 11.8 Å². The maximum atomic E-state index is 12.8. The molecule has 146 valence electrons. The standard InChI is InChI=1S/C20H20N2O5S/c1-4-12-10-15(20(26)27-5-2)17(28-12)21-16(23)11(3)22-18(24)13-8-6-7-9-14(13)19(22)25/h6-11H,4-5H2,1-3H3,(H,21,23). The van der Waals surface area contributed by atoms with Gasteiger partial charge in [-0.2, -0.15) is 0 Å². The molecule has 3 amide bonds. The number of hydrogen-bond acceptors (Lipinski definition) is 6. The number of rotatable bonds is 6. The van der Waals surface area contributed by atoms with Crippen LogP contribution in [-0.2, 0) is 16.0 Å². The minimum Gasteiger partial charge on any atom is -0.462 e. The van der Waals surface area contributed by atoms with Crippen LogP contribution in [0.25, 0.3) is 0 Å². The smallest absolute Gasteiger partial charge is 0.341 e. The molecule has 1 aliphatic rings. The number of thiophene rings is 1. The van der Waals surface area contributed by atoms with Crippen LogP contribution in [0.1, 0.15) is 56.7 Å². The number of fused-ring (bicyclic) bond motifs is 1. The highest BCUT2D eigenvalue weighted by Crippen LogP contribution is 2.30. The summed E-state index contributed by atoms with van der Waals surface area (Å²) in [4.78, 5) is 51.9. The SMILES string of the molecule is CCOC(=O)c1cc(CC)sc1NC(=O)C(C)N1C(=O)c2ccccc2C1=O. The van der Waals surface area contributed by atoms with Gasteiger partial charge in [0.15, 0.2) is 0 Å². The van der Waals surface area contributed by atoms with E-state index in [0.717, 1.165) is 9.78 Å². The van der Waals surface area contributed by atoms with E-state index in [1.807, 2.05) is 6.92 Å². The van der Waals surface area contributed by atoms with Crippen LogP contribution in [0.5, 0.6) is 0 Å². The summed E-state index contributed by atoms with van der Waals surface area (Å²) in [5, 5.41) is 3.03. The number of imide groups is 1. The Hall–Kier alpha value is -3.00. The van der Waals surface area contributed by atoms with Gasteiger partial charge in [0.1, 0.15) is 11.0 Å². The molecule has 0 radical (unpaired) electrons. The summed E-state index contributed by atoms with van der Waals surface area (Å²) in [6.45, 7) is 5.34. The molecule has 1 N–H and O–H groups in total. The van der Waals surface area contributed by atoms with Gasteiger partial charge in [-0.25, -0.2) is 4.79 Å². The molecular weight excluding hydrogens is 380 g/mol. The first-order chi connectivity index (χ1) is 13.4. The molecule has 0 aliphatic carbocycles. The molecule has 7 nitrogen and oxygen atoms in total. The Morgan fingerprint density at radius 3 is 2.29 bits per heavy atom. The summed E-state index contributed by atoms with van der Waals surface area (Å²) in [7, 11) is 0. The highest BCUT2D eigenvalue weighted by atomic mass is 32.1. The number of carbonyl (C=O) groups is 4. The van der Waals surface area contributed by atoms with Crippen LogP contribution >= 0.6 is 11.3 Å². The maximum absolute atomic E-state index is 12.8. The Morgan fingerprint density at radius 1 is 1.14 bits per heavy atom. The number of nitrogens with zero attached hydrogens (tertiary/aromatic N) is 1. The van der Waals surface area contributed by atoms with E-state index in [4.69, 9.17) is 4.74 Å². The molecule has 0 bridgehead atoms. The predicted molar refractivity (Wildman–Crippen MR) is 105 cm³/mol. The number of anilines is 1. The van der Waals surface area contributed by atoms with Crippen molar-refractivity contribution < 1.29 is 23.9 Å². The van der Waals surface area contributed by atoms with Crippen LogP contribution in [0, 0.1) is 0 Å². The molecule has 28 heavy (non-hydrogen) atoms. The van der Waals surface area contributed by atoms with E-state index >= 15 is 0 Å². The Morgan fingerprint density at radius 2 is 1.75 bits per heavy atom.